The van der Waals surface area contributed by atoms with Gasteiger partial charge < -0.3 is 10.1 Å². The van der Waals surface area contributed by atoms with E-state index < -0.39 is 0 Å². The van der Waals surface area contributed by atoms with Crippen molar-refractivity contribution in [1.82, 2.24) is 25.5 Å². The molecular weight excluding hydrogens is 422 g/mol. The van der Waals surface area contributed by atoms with Crippen molar-refractivity contribution in [3.63, 3.8) is 0 Å². The van der Waals surface area contributed by atoms with Crippen LogP contribution in [0, 0.1) is 11.7 Å². The summed E-state index contributed by atoms with van der Waals surface area (Å²) >= 11 is 5.04. The van der Waals surface area contributed by atoms with Crippen LogP contribution in [0.2, 0.25) is 0 Å². The van der Waals surface area contributed by atoms with Gasteiger partial charge in [-0.15, -0.1) is 0 Å². The number of hydrogen-bond acceptors (Lipinski definition) is 5. The van der Waals surface area contributed by atoms with Gasteiger partial charge >= 0.3 is 0 Å². The third kappa shape index (κ3) is 4.13. The molecule has 1 aliphatic rings. The largest absolute Gasteiger partial charge is 0.489 e. The highest BCUT2D eigenvalue weighted by molar-refractivity contribution is 7.71. The van der Waals surface area contributed by atoms with Crippen LogP contribution in [0.15, 0.2) is 54.6 Å². The van der Waals surface area contributed by atoms with E-state index in [0.717, 1.165) is 40.8 Å². The molecule has 0 bridgehead atoms. The van der Waals surface area contributed by atoms with Crippen molar-refractivity contribution in [2.75, 3.05) is 6.54 Å². The maximum absolute atomic E-state index is 12.6. The highest BCUT2D eigenvalue weighted by Crippen LogP contribution is 2.45. The Hall–Kier alpha value is -3.52. The second kappa shape index (κ2) is 8.20. The van der Waals surface area contributed by atoms with Gasteiger partial charge in [-0.1, -0.05) is 18.2 Å². The number of aromatic nitrogens is 4. The van der Waals surface area contributed by atoms with Gasteiger partial charge in [0.15, 0.2) is 0 Å². The highest BCUT2D eigenvalue weighted by atomic mass is 32.1. The Labute approximate surface area is 190 Å². The van der Waals surface area contributed by atoms with E-state index in [0.29, 0.717) is 29.2 Å². The van der Waals surface area contributed by atoms with E-state index in [-0.39, 0.29) is 11.3 Å². The Balaban J connectivity index is 1.21. The highest BCUT2D eigenvalue weighted by Gasteiger charge is 2.47. The fourth-order valence-electron chi connectivity index (χ4n) is 3.90. The Morgan fingerprint density at radius 2 is 1.91 bits per heavy atom. The van der Waals surface area contributed by atoms with Gasteiger partial charge in [0.2, 0.25) is 4.77 Å². The van der Waals surface area contributed by atoms with Gasteiger partial charge in [0.1, 0.15) is 18.2 Å². The van der Waals surface area contributed by atoms with Crippen LogP contribution in [0.25, 0.3) is 10.9 Å². The molecule has 1 saturated carbocycles. The summed E-state index contributed by atoms with van der Waals surface area (Å²) in [4.78, 5) is 21.5. The van der Waals surface area contributed by atoms with Gasteiger partial charge in [-0.25, -0.2) is 4.98 Å². The monoisotopic (exact) mass is 445 g/mol. The number of amides is 1. The average molecular weight is 446 g/mol. The molecule has 5 rings (SSSR count). The van der Waals surface area contributed by atoms with Gasteiger partial charge in [0, 0.05) is 34.2 Å². The van der Waals surface area contributed by atoms with Crippen molar-refractivity contribution in [3.8, 4) is 5.75 Å². The lowest BCUT2D eigenvalue weighted by atomic mass is 10.1. The minimum atomic E-state index is -0.141. The molecule has 2 aromatic heterocycles. The molecule has 0 saturated heterocycles. The van der Waals surface area contributed by atoms with E-state index in [1.807, 2.05) is 43.3 Å². The number of fused-ring (bicyclic) bond motifs is 1. The first-order valence-electron chi connectivity index (χ1n) is 10.5. The number of pyridine rings is 1. The number of ether oxygens (including phenoxy) is 1. The standard InChI is InChI=1S/C24H23N5O2S/c1-15-12-17(19-4-2-3-5-20(19)26-15)13-31-18-8-6-16(7-9-18)21(30)25-14-24(10-11-24)22-27-23(32)29-28-22/h2-9,12H,10-11,13-14H2,1H3,(H,25,30)(H2,27,28,29,32). The van der Waals surface area contributed by atoms with Crippen LogP contribution < -0.4 is 10.1 Å². The molecule has 0 atom stereocenters. The number of nitrogens with zero attached hydrogens (tertiary/aromatic N) is 2. The van der Waals surface area contributed by atoms with E-state index in [1.54, 1.807) is 12.1 Å². The maximum Gasteiger partial charge on any atom is 0.251 e. The number of carbonyl (C=O) groups is 1. The molecule has 3 N–H and O–H groups in total. The topological polar surface area (TPSA) is 95.7 Å². The van der Waals surface area contributed by atoms with Gasteiger partial charge in [0.05, 0.1) is 5.52 Å². The summed E-state index contributed by atoms with van der Waals surface area (Å²) in [5.74, 6) is 1.40. The number of rotatable bonds is 7. The molecule has 4 aromatic rings. The summed E-state index contributed by atoms with van der Waals surface area (Å²) in [5, 5.41) is 9.94. The van der Waals surface area contributed by atoms with Crippen molar-refractivity contribution in [3.05, 3.63) is 82.0 Å². The second-order valence-corrected chi connectivity index (χ2v) is 8.62. The van der Waals surface area contributed by atoms with E-state index in [1.165, 1.54) is 0 Å². The van der Waals surface area contributed by atoms with Crippen LogP contribution in [0.5, 0.6) is 5.75 Å². The van der Waals surface area contributed by atoms with E-state index in [2.05, 4.69) is 31.5 Å². The summed E-state index contributed by atoms with van der Waals surface area (Å²) in [6.45, 7) is 2.94. The zero-order valence-electron chi connectivity index (χ0n) is 17.6. The molecule has 2 aromatic carbocycles. The SMILES string of the molecule is Cc1cc(COc2ccc(C(=O)NCC3(c4nc(=S)[nH][nH]4)CC3)cc2)c2ccccc2n1. The normalized spacial score (nSPS) is 14.3. The molecule has 0 radical (unpaired) electrons. The summed E-state index contributed by atoms with van der Waals surface area (Å²) in [6.07, 6.45) is 1.94. The molecule has 8 heteroatoms. The predicted molar refractivity (Wildman–Crippen MR) is 124 cm³/mol. The molecule has 1 fully saturated rings. The number of aromatic amines is 2. The molecule has 162 valence electrons. The smallest absolute Gasteiger partial charge is 0.251 e. The second-order valence-electron chi connectivity index (χ2n) is 8.23. The number of aryl methyl sites for hydroxylation is 1. The molecule has 1 amide bonds. The molecule has 0 spiro atoms. The molecule has 0 aliphatic heterocycles. The third-order valence-electron chi connectivity index (χ3n) is 5.89. The molecule has 1 aliphatic carbocycles. The Morgan fingerprint density at radius 1 is 1.12 bits per heavy atom. The van der Waals surface area contributed by atoms with Gasteiger partial charge in [0.25, 0.3) is 5.91 Å². The van der Waals surface area contributed by atoms with Crippen molar-refractivity contribution in [2.45, 2.75) is 31.8 Å². The van der Waals surface area contributed by atoms with Crippen LogP contribution in [0.1, 0.15) is 40.3 Å². The minimum Gasteiger partial charge on any atom is -0.489 e. The summed E-state index contributed by atoms with van der Waals surface area (Å²) in [5.41, 5.74) is 3.45. The summed E-state index contributed by atoms with van der Waals surface area (Å²) < 4.78 is 6.42. The number of H-pyrrole nitrogens is 2. The number of hydrogen-bond donors (Lipinski definition) is 3. The van der Waals surface area contributed by atoms with Gasteiger partial charge in [-0.05, 0) is 68.4 Å². The molecular formula is C24H23N5O2S. The van der Waals surface area contributed by atoms with E-state index >= 15 is 0 Å². The van der Waals surface area contributed by atoms with E-state index in [4.69, 9.17) is 17.0 Å². The number of nitrogens with one attached hydrogen (secondary N) is 3. The summed E-state index contributed by atoms with van der Waals surface area (Å²) in [7, 11) is 0. The average Bonchev–Trinajstić information content (AvgIpc) is 3.47. The maximum atomic E-state index is 12.6. The zero-order chi connectivity index (χ0) is 22.1. The van der Waals surface area contributed by atoms with Crippen molar-refractivity contribution in [1.29, 1.82) is 0 Å². The van der Waals surface area contributed by atoms with Crippen LogP contribution >= 0.6 is 12.2 Å². The quantitative estimate of drug-likeness (QED) is 0.367. The predicted octanol–water partition coefficient (Wildman–Crippen LogP) is 4.36. The van der Waals surface area contributed by atoms with Gasteiger partial charge in [-0.2, -0.15) is 0 Å². The lowest BCUT2D eigenvalue weighted by Gasteiger charge is -2.13. The molecule has 7 nitrogen and oxygen atoms in total. The fourth-order valence-corrected chi connectivity index (χ4v) is 4.04. The molecule has 0 unspecified atom stereocenters. The fraction of sp³-hybridized carbons (Fsp3) is 0.250. The van der Waals surface area contributed by atoms with Crippen LogP contribution in [-0.4, -0.2) is 32.6 Å². The van der Waals surface area contributed by atoms with Crippen LogP contribution in [0.3, 0.4) is 0 Å². The lowest BCUT2D eigenvalue weighted by molar-refractivity contribution is 0.0949. The van der Waals surface area contributed by atoms with Crippen molar-refractivity contribution < 1.29 is 9.53 Å². The number of para-hydroxylation sites is 1. The van der Waals surface area contributed by atoms with E-state index in [9.17, 15) is 4.79 Å². The third-order valence-corrected chi connectivity index (χ3v) is 6.08. The van der Waals surface area contributed by atoms with Crippen LogP contribution in [0.4, 0.5) is 0 Å². The first-order chi connectivity index (χ1) is 15.5. The lowest BCUT2D eigenvalue weighted by Crippen LogP contribution is -2.32. The van der Waals surface area contributed by atoms with Crippen LogP contribution in [-0.2, 0) is 12.0 Å². The van der Waals surface area contributed by atoms with Gasteiger partial charge in [-0.3, -0.25) is 20.0 Å². The number of carbonyl (C=O) groups excluding carboxylic acids is 1. The van der Waals surface area contributed by atoms with Crippen molar-refractivity contribution in [2.24, 2.45) is 0 Å². The first-order valence-corrected chi connectivity index (χ1v) is 10.9. The summed E-state index contributed by atoms with van der Waals surface area (Å²) in [6, 6.07) is 17.3. The Bertz CT molecular complexity index is 1340. The Kier molecular flexibility index (Phi) is 5.22. The van der Waals surface area contributed by atoms with Crippen molar-refractivity contribution >= 4 is 29.0 Å². The first kappa shape index (κ1) is 20.4. The minimum absolute atomic E-state index is 0.118. The molecule has 32 heavy (non-hydrogen) atoms. The zero-order valence-corrected chi connectivity index (χ0v) is 18.5. The molecule has 2 heterocycles. The Morgan fingerprint density at radius 3 is 2.62 bits per heavy atom. The number of benzene rings is 2.